The van der Waals surface area contributed by atoms with Crippen molar-refractivity contribution in [2.45, 2.75) is 5.41 Å². The van der Waals surface area contributed by atoms with Gasteiger partial charge in [-0.2, -0.15) is 0 Å². The summed E-state index contributed by atoms with van der Waals surface area (Å²) in [5.74, 6) is 0. The van der Waals surface area contributed by atoms with Gasteiger partial charge in [-0.25, -0.2) is 0 Å². The maximum Gasteiger partial charge on any atom is 0.143 e. The molecule has 0 radical (unpaired) electrons. The van der Waals surface area contributed by atoms with E-state index >= 15 is 0 Å². The monoisotopic (exact) mass is 883 g/mol. The molecule has 14 rings (SSSR count). The van der Waals surface area contributed by atoms with Crippen molar-refractivity contribution in [1.29, 1.82) is 0 Å². The number of benzene rings is 11. The Balaban J connectivity index is 0.967. The topological polar surface area (TPSA) is 16.4 Å². The van der Waals surface area contributed by atoms with E-state index in [1.54, 1.807) is 0 Å². The summed E-state index contributed by atoms with van der Waals surface area (Å²) >= 11 is 1.86. The van der Waals surface area contributed by atoms with Crippen molar-refractivity contribution in [2.24, 2.45) is 0 Å². The molecule has 0 bridgehead atoms. The summed E-state index contributed by atoms with van der Waals surface area (Å²) in [4.78, 5) is 2.44. The van der Waals surface area contributed by atoms with Crippen LogP contribution in [0.15, 0.2) is 253 Å². The predicted octanol–water partition coefficient (Wildman–Crippen LogP) is 18.3. The average molecular weight is 884 g/mol. The van der Waals surface area contributed by atoms with E-state index in [1.165, 1.54) is 70.1 Å². The quantitative estimate of drug-likeness (QED) is 0.159. The largest absolute Gasteiger partial charge is 0.455 e. The number of rotatable bonds is 7. The third-order valence-electron chi connectivity index (χ3n) is 14.3. The molecule has 0 saturated heterocycles. The molecule has 0 fully saturated rings. The van der Waals surface area contributed by atoms with E-state index < -0.39 is 5.41 Å². The van der Waals surface area contributed by atoms with Crippen LogP contribution in [0.1, 0.15) is 22.3 Å². The zero-order chi connectivity index (χ0) is 44.8. The molecule has 0 aliphatic heterocycles. The van der Waals surface area contributed by atoms with Gasteiger partial charge in [0.2, 0.25) is 0 Å². The first-order valence-electron chi connectivity index (χ1n) is 23.3. The molecule has 0 unspecified atom stereocenters. The lowest BCUT2D eigenvalue weighted by Crippen LogP contribution is -2.28. The fourth-order valence-electron chi connectivity index (χ4n) is 11.3. The number of hydrogen-bond acceptors (Lipinski definition) is 3. The van der Waals surface area contributed by atoms with Crippen LogP contribution in [0, 0.1) is 0 Å². The minimum Gasteiger partial charge on any atom is -0.455 e. The first kappa shape index (κ1) is 38.7. The number of fused-ring (bicyclic) bond motifs is 11. The summed E-state index contributed by atoms with van der Waals surface area (Å²) in [6.45, 7) is 0. The fraction of sp³-hybridized carbons (Fsp3) is 0.0154. The van der Waals surface area contributed by atoms with Crippen LogP contribution in [0.3, 0.4) is 0 Å². The second-order valence-corrected chi connectivity index (χ2v) is 19.0. The molecular weight excluding hydrogens is 843 g/mol. The van der Waals surface area contributed by atoms with E-state index in [0.29, 0.717) is 0 Å². The highest BCUT2D eigenvalue weighted by Gasteiger charge is 2.46. The Kier molecular flexibility index (Phi) is 8.71. The number of nitrogens with zero attached hydrogens (tertiary/aromatic N) is 1. The minimum atomic E-state index is -0.533. The van der Waals surface area contributed by atoms with Gasteiger partial charge in [0.15, 0.2) is 0 Å². The van der Waals surface area contributed by atoms with Gasteiger partial charge < -0.3 is 9.32 Å². The second-order valence-electron chi connectivity index (χ2n) is 17.9. The Morgan fingerprint density at radius 2 is 0.985 bits per heavy atom. The molecule has 13 aromatic rings. The Hall–Kier alpha value is -8.50. The Morgan fingerprint density at radius 3 is 1.82 bits per heavy atom. The van der Waals surface area contributed by atoms with E-state index in [1.807, 2.05) is 11.3 Å². The molecular formula is C65H41NOS. The summed E-state index contributed by atoms with van der Waals surface area (Å²) in [5, 5.41) is 7.18. The van der Waals surface area contributed by atoms with Gasteiger partial charge in [0.25, 0.3) is 0 Å². The van der Waals surface area contributed by atoms with Gasteiger partial charge in [0.1, 0.15) is 11.2 Å². The SMILES string of the molecule is c1ccc(C2(c3ccccc3)c3ccccc3-c3ccc(N(c4ccc(-c5ccc6c(c5)sc5ccccc56)cc4)c4cccc(-c5cccc6oc7c8ccccc8ccc7c56)c4)cc32)cc1. The lowest BCUT2D eigenvalue weighted by atomic mass is 9.67. The molecule has 318 valence electrons. The van der Waals surface area contributed by atoms with Crippen molar-refractivity contribution in [3.63, 3.8) is 0 Å². The van der Waals surface area contributed by atoms with Gasteiger partial charge >= 0.3 is 0 Å². The second kappa shape index (κ2) is 15.3. The number of thiophene rings is 1. The number of furan rings is 1. The van der Waals surface area contributed by atoms with E-state index in [-0.39, 0.29) is 0 Å². The predicted molar refractivity (Wildman–Crippen MR) is 287 cm³/mol. The average Bonchev–Trinajstić information content (AvgIpc) is 4.08. The summed E-state index contributed by atoms with van der Waals surface area (Å²) < 4.78 is 9.31. The first-order valence-corrected chi connectivity index (χ1v) is 24.1. The summed E-state index contributed by atoms with van der Waals surface area (Å²) in [5.41, 5.74) is 16.7. The van der Waals surface area contributed by atoms with Crippen molar-refractivity contribution in [2.75, 3.05) is 4.90 Å². The van der Waals surface area contributed by atoms with Gasteiger partial charge in [0, 0.05) is 53.4 Å². The lowest BCUT2D eigenvalue weighted by Gasteiger charge is -2.35. The van der Waals surface area contributed by atoms with Crippen molar-refractivity contribution < 1.29 is 4.42 Å². The molecule has 0 amide bonds. The standard InChI is InChI=1S/C65H41NOS/c1-3-17-46(18-4-1)65(47-19-5-2-6-20-47)58-26-11-9-23-53(58)54-38-35-50(41-59(54)65)66(48-33-29-42(30-34-48)44-32-36-56-55-24-10-12-28-61(55)68-62(56)40-44)49-21-13-16-45(39-49)51-25-14-27-60-63(51)57-37-31-43-15-7-8-22-52(43)64(57)67-60/h1-41H. The zero-order valence-corrected chi connectivity index (χ0v) is 37.8. The van der Waals surface area contributed by atoms with Gasteiger partial charge in [-0.05, 0) is 122 Å². The molecule has 2 heterocycles. The summed E-state index contributed by atoms with van der Waals surface area (Å²) in [6, 6.07) is 91.4. The molecule has 0 N–H and O–H groups in total. The van der Waals surface area contributed by atoms with E-state index in [9.17, 15) is 0 Å². The van der Waals surface area contributed by atoms with Crippen LogP contribution >= 0.6 is 11.3 Å². The normalized spacial score (nSPS) is 12.8. The minimum absolute atomic E-state index is 0.533. The fourth-order valence-corrected chi connectivity index (χ4v) is 12.5. The van der Waals surface area contributed by atoms with E-state index in [2.05, 4.69) is 254 Å². The molecule has 2 nitrogen and oxygen atoms in total. The molecule has 68 heavy (non-hydrogen) atoms. The highest BCUT2D eigenvalue weighted by Crippen LogP contribution is 2.57. The van der Waals surface area contributed by atoms with Crippen molar-refractivity contribution in [1.82, 2.24) is 0 Å². The Morgan fingerprint density at radius 1 is 0.353 bits per heavy atom. The van der Waals surface area contributed by atoms with Gasteiger partial charge in [0.05, 0.1) is 5.41 Å². The Bertz CT molecular complexity index is 4050. The first-order chi connectivity index (χ1) is 33.7. The van der Waals surface area contributed by atoms with Crippen LogP contribution in [-0.2, 0) is 5.41 Å². The maximum atomic E-state index is 6.68. The Labute approximate surface area is 398 Å². The van der Waals surface area contributed by atoms with Crippen molar-refractivity contribution >= 4 is 81.3 Å². The summed E-state index contributed by atoms with van der Waals surface area (Å²) in [6.07, 6.45) is 0. The molecule has 1 aliphatic rings. The number of hydrogen-bond donors (Lipinski definition) is 0. The van der Waals surface area contributed by atoms with Crippen LogP contribution in [0.4, 0.5) is 17.1 Å². The lowest BCUT2D eigenvalue weighted by molar-refractivity contribution is 0.673. The molecule has 3 heteroatoms. The van der Waals surface area contributed by atoms with Crippen LogP contribution in [0.2, 0.25) is 0 Å². The highest BCUT2D eigenvalue weighted by atomic mass is 32.1. The van der Waals surface area contributed by atoms with Crippen LogP contribution in [0.25, 0.3) is 86.3 Å². The van der Waals surface area contributed by atoms with Crippen molar-refractivity contribution in [3.8, 4) is 33.4 Å². The van der Waals surface area contributed by atoms with Gasteiger partial charge in [-0.1, -0.05) is 188 Å². The van der Waals surface area contributed by atoms with E-state index in [0.717, 1.165) is 55.5 Å². The molecule has 0 atom stereocenters. The van der Waals surface area contributed by atoms with Gasteiger partial charge in [-0.15, -0.1) is 11.3 Å². The summed E-state index contributed by atoms with van der Waals surface area (Å²) in [7, 11) is 0. The van der Waals surface area contributed by atoms with E-state index in [4.69, 9.17) is 4.42 Å². The number of anilines is 3. The van der Waals surface area contributed by atoms with Crippen LogP contribution in [-0.4, -0.2) is 0 Å². The van der Waals surface area contributed by atoms with Crippen LogP contribution < -0.4 is 4.90 Å². The molecule has 0 spiro atoms. The highest BCUT2D eigenvalue weighted by molar-refractivity contribution is 7.25. The third-order valence-corrected chi connectivity index (χ3v) is 15.5. The van der Waals surface area contributed by atoms with Gasteiger partial charge in [-0.3, -0.25) is 0 Å². The third kappa shape index (κ3) is 5.83. The van der Waals surface area contributed by atoms with Crippen LogP contribution in [0.5, 0.6) is 0 Å². The molecule has 2 aromatic heterocycles. The molecule has 0 saturated carbocycles. The zero-order valence-electron chi connectivity index (χ0n) is 36.9. The molecule has 1 aliphatic carbocycles. The maximum absolute atomic E-state index is 6.68. The smallest absolute Gasteiger partial charge is 0.143 e. The molecule has 11 aromatic carbocycles. The van der Waals surface area contributed by atoms with Crippen molar-refractivity contribution in [3.05, 3.63) is 271 Å².